The van der Waals surface area contributed by atoms with Crippen LogP contribution >= 0.6 is 11.6 Å². The number of carbonyl (C=O) groups excluding carboxylic acids is 2. The van der Waals surface area contributed by atoms with Gasteiger partial charge < -0.3 is 14.8 Å². The molecule has 2 aromatic carbocycles. The number of benzene rings is 2. The average Bonchev–Trinajstić information content (AvgIpc) is 3.55. The summed E-state index contributed by atoms with van der Waals surface area (Å²) in [5.74, 6) is 0.0920. The van der Waals surface area contributed by atoms with Crippen LogP contribution in [0.15, 0.2) is 85.3 Å². The SMILES string of the molecule is O=C(Nc1ccccc1Cl)C1CCCN(C(=O)c2cnn(-c3ccccc3)c2-n2cccc2)C1. The molecule has 0 spiro atoms. The minimum Gasteiger partial charge on any atom is -0.338 e. The van der Waals surface area contributed by atoms with Gasteiger partial charge in [-0.3, -0.25) is 9.59 Å². The molecule has 7 nitrogen and oxygen atoms in total. The van der Waals surface area contributed by atoms with Crippen LogP contribution in [0.3, 0.4) is 0 Å². The number of halogens is 1. The molecular weight excluding hydrogens is 450 g/mol. The van der Waals surface area contributed by atoms with E-state index in [0.29, 0.717) is 41.6 Å². The molecule has 8 heteroatoms. The molecule has 1 saturated heterocycles. The Morgan fingerprint density at radius 2 is 1.71 bits per heavy atom. The van der Waals surface area contributed by atoms with Gasteiger partial charge in [0.1, 0.15) is 5.56 Å². The summed E-state index contributed by atoms with van der Waals surface area (Å²) in [6.45, 7) is 0.938. The van der Waals surface area contributed by atoms with Crippen LogP contribution in [0.2, 0.25) is 5.02 Å². The van der Waals surface area contributed by atoms with Gasteiger partial charge in [-0.2, -0.15) is 5.10 Å². The molecule has 172 valence electrons. The van der Waals surface area contributed by atoms with Gasteiger partial charge in [0.05, 0.1) is 28.5 Å². The molecule has 0 saturated carbocycles. The highest BCUT2D eigenvalue weighted by Crippen LogP contribution is 2.26. The highest BCUT2D eigenvalue weighted by molar-refractivity contribution is 6.33. The van der Waals surface area contributed by atoms with Crippen molar-refractivity contribution >= 4 is 29.1 Å². The number of hydrogen-bond donors (Lipinski definition) is 1. The highest BCUT2D eigenvalue weighted by Gasteiger charge is 2.31. The van der Waals surface area contributed by atoms with Gasteiger partial charge in [0.25, 0.3) is 5.91 Å². The topological polar surface area (TPSA) is 72.2 Å². The second-order valence-electron chi connectivity index (χ2n) is 8.28. The minimum atomic E-state index is -0.312. The van der Waals surface area contributed by atoms with Crippen molar-refractivity contribution < 1.29 is 9.59 Å². The number of carbonyl (C=O) groups is 2. The van der Waals surface area contributed by atoms with E-state index >= 15 is 0 Å². The second-order valence-corrected chi connectivity index (χ2v) is 8.69. The molecule has 1 N–H and O–H groups in total. The van der Waals surface area contributed by atoms with Crippen molar-refractivity contribution in [1.82, 2.24) is 19.2 Å². The molecule has 1 aliphatic heterocycles. The number of para-hydroxylation sites is 2. The first-order valence-electron chi connectivity index (χ1n) is 11.2. The molecule has 1 unspecified atom stereocenters. The van der Waals surface area contributed by atoms with Crippen LogP contribution in [0, 0.1) is 5.92 Å². The summed E-state index contributed by atoms with van der Waals surface area (Å²) in [5.41, 5.74) is 1.93. The number of likely N-dealkylation sites (tertiary alicyclic amines) is 1. The first kappa shape index (κ1) is 22.0. The van der Waals surface area contributed by atoms with Crippen molar-refractivity contribution in [1.29, 1.82) is 0 Å². The Hall–Kier alpha value is -3.84. The van der Waals surface area contributed by atoms with E-state index in [1.807, 2.05) is 71.6 Å². The largest absolute Gasteiger partial charge is 0.338 e. The van der Waals surface area contributed by atoms with E-state index in [4.69, 9.17) is 11.6 Å². The van der Waals surface area contributed by atoms with Gasteiger partial charge in [0, 0.05) is 25.5 Å². The number of piperidine rings is 1. The van der Waals surface area contributed by atoms with Crippen LogP contribution in [0.4, 0.5) is 5.69 Å². The van der Waals surface area contributed by atoms with Crippen molar-refractivity contribution in [3.8, 4) is 11.5 Å². The van der Waals surface area contributed by atoms with Gasteiger partial charge in [-0.15, -0.1) is 0 Å². The summed E-state index contributed by atoms with van der Waals surface area (Å²) in [6.07, 6.45) is 6.86. The lowest BCUT2D eigenvalue weighted by Gasteiger charge is -2.32. The molecule has 1 atom stereocenters. The van der Waals surface area contributed by atoms with Gasteiger partial charge in [0.15, 0.2) is 5.82 Å². The number of rotatable bonds is 5. The smallest absolute Gasteiger partial charge is 0.259 e. The normalized spacial score (nSPS) is 15.8. The lowest BCUT2D eigenvalue weighted by molar-refractivity contribution is -0.121. The van der Waals surface area contributed by atoms with Crippen LogP contribution in [0.1, 0.15) is 23.2 Å². The van der Waals surface area contributed by atoms with E-state index in [1.54, 1.807) is 27.9 Å². The molecule has 0 radical (unpaired) electrons. The molecule has 0 aliphatic carbocycles. The molecular formula is C26H24ClN5O2. The van der Waals surface area contributed by atoms with Crippen LogP contribution in [-0.4, -0.2) is 44.2 Å². The monoisotopic (exact) mass is 473 g/mol. The summed E-state index contributed by atoms with van der Waals surface area (Å²) in [5, 5.41) is 7.93. The van der Waals surface area contributed by atoms with Gasteiger partial charge in [0.2, 0.25) is 5.91 Å². The van der Waals surface area contributed by atoms with E-state index < -0.39 is 0 Å². The molecule has 5 rings (SSSR count). The fourth-order valence-corrected chi connectivity index (χ4v) is 4.50. The fourth-order valence-electron chi connectivity index (χ4n) is 4.32. The molecule has 0 bridgehead atoms. The molecule has 2 aromatic heterocycles. The molecule has 1 fully saturated rings. The minimum absolute atomic E-state index is 0.129. The third-order valence-electron chi connectivity index (χ3n) is 6.04. The van der Waals surface area contributed by atoms with Crippen LogP contribution in [-0.2, 0) is 4.79 Å². The summed E-state index contributed by atoms with van der Waals surface area (Å²) in [7, 11) is 0. The maximum atomic E-state index is 13.6. The van der Waals surface area contributed by atoms with Gasteiger partial charge in [-0.25, -0.2) is 4.68 Å². The number of aromatic nitrogens is 3. The van der Waals surface area contributed by atoms with E-state index in [1.165, 1.54) is 0 Å². The van der Waals surface area contributed by atoms with Crippen molar-refractivity contribution in [2.45, 2.75) is 12.8 Å². The zero-order chi connectivity index (χ0) is 23.5. The number of amides is 2. The van der Waals surface area contributed by atoms with Crippen molar-refractivity contribution in [2.24, 2.45) is 5.92 Å². The van der Waals surface area contributed by atoms with Crippen molar-refractivity contribution in [3.05, 3.63) is 95.9 Å². The Balaban J connectivity index is 1.40. The standard InChI is InChI=1S/C26H24ClN5O2/c27-22-12-4-5-13-23(22)29-24(33)19-9-8-16-31(18-19)26(34)21-17-28-32(20-10-2-1-3-11-20)25(21)30-14-6-7-15-30/h1-7,10-15,17,19H,8-9,16,18H2,(H,29,33). The van der Waals surface area contributed by atoms with E-state index in [2.05, 4.69) is 10.4 Å². The van der Waals surface area contributed by atoms with Crippen LogP contribution < -0.4 is 5.32 Å². The lowest BCUT2D eigenvalue weighted by atomic mass is 9.96. The first-order chi connectivity index (χ1) is 16.6. The predicted octanol–water partition coefficient (Wildman–Crippen LogP) is 4.81. The first-order valence-corrected chi connectivity index (χ1v) is 11.6. The second kappa shape index (κ2) is 9.57. The number of nitrogens with zero attached hydrogens (tertiary/aromatic N) is 4. The van der Waals surface area contributed by atoms with Crippen LogP contribution in [0.25, 0.3) is 11.5 Å². The summed E-state index contributed by atoms with van der Waals surface area (Å²) < 4.78 is 3.65. The molecule has 2 amide bonds. The number of anilines is 1. The maximum Gasteiger partial charge on any atom is 0.259 e. The Kier molecular flexibility index (Phi) is 6.18. The maximum absolute atomic E-state index is 13.6. The van der Waals surface area contributed by atoms with Gasteiger partial charge >= 0.3 is 0 Å². The number of hydrogen-bond acceptors (Lipinski definition) is 3. The average molecular weight is 474 g/mol. The molecule has 1 aliphatic rings. The third kappa shape index (κ3) is 4.34. The Morgan fingerprint density at radius 1 is 0.971 bits per heavy atom. The van der Waals surface area contributed by atoms with Crippen molar-refractivity contribution in [3.63, 3.8) is 0 Å². The lowest BCUT2D eigenvalue weighted by Crippen LogP contribution is -2.44. The van der Waals surface area contributed by atoms with Crippen molar-refractivity contribution in [2.75, 3.05) is 18.4 Å². The quantitative estimate of drug-likeness (QED) is 0.452. The molecule has 34 heavy (non-hydrogen) atoms. The molecule has 3 heterocycles. The summed E-state index contributed by atoms with van der Waals surface area (Å²) in [4.78, 5) is 28.3. The Labute approximate surface area is 202 Å². The molecule has 4 aromatic rings. The number of nitrogens with one attached hydrogen (secondary N) is 1. The fraction of sp³-hybridized carbons (Fsp3) is 0.192. The van der Waals surface area contributed by atoms with E-state index in [-0.39, 0.29) is 17.7 Å². The van der Waals surface area contributed by atoms with E-state index in [0.717, 1.165) is 12.1 Å². The zero-order valence-corrected chi connectivity index (χ0v) is 19.2. The van der Waals surface area contributed by atoms with Crippen LogP contribution in [0.5, 0.6) is 0 Å². The Bertz CT molecular complexity index is 1300. The van der Waals surface area contributed by atoms with Gasteiger partial charge in [-0.1, -0.05) is 41.9 Å². The third-order valence-corrected chi connectivity index (χ3v) is 6.36. The van der Waals surface area contributed by atoms with E-state index in [9.17, 15) is 9.59 Å². The van der Waals surface area contributed by atoms with Gasteiger partial charge in [-0.05, 0) is 49.2 Å². The summed E-state index contributed by atoms with van der Waals surface area (Å²) in [6, 6.07) is 20.7. The predicted molar refractivity (Wildman–Crippen MR) is 132 cm³/mol. The summed E-state index contributed by atoms with van der Waals surface area (Å²) >= 11 is 6.19. The Morgan fingerprint density at radius 3 is 2.47 bits per heavy atom. The highest BCUT2D eigenvalue weighted by atomic mass is 35.5. The zero-order valence-electron chi connectivity index (χ0n) is 18.5.